The Morgan fingerprint density at radius 1 is 1.21 bits per heavy atom. The molecule has 0 saturated heterocycles. The first-order chi connectivity index (χ1) is 13.6. The maximum absolute atomic E-state index is 13.0. The van der Waals surface area contributed by atoms with Gasteiger partial charge in [-0.3, -0.25) is 4.90 Å². The zero-order valence-corrected chi connectivity index (χ0v) is 15.0. The molecule has 29 heavy (non-hydrogen) atoms. The molecule has 2 aromatic rings. The second-order valence-corrected chi connectivity index (χ2v) is 6.30. The zero-order valence-electron chi connectivity index (χ0n) is 15.0. The van der Waals surface area contributed by atoms with Crippen LogP contribution in [0, 0.1) is 11.3 Å². The summed E-state index contributed by atoms with van der Waals surface area (Å²) in [4.78, 5) is 25.5. The molecule has 1 heterocycles. The van der Waals surface area contributed by atoms with Gasteiger partial charge in [0.25, 0.3) is 0 Å². The molecule has 0 bridgehead atoms. The fourth-order valence-corrected chi connectivity index (χ4v) is 3.15. The van der Waals surface area contributed by atoms with Crippen LogP contribution in [-0.2, 0) is 11.0 Å². The number of hydrogen-bond donors (Lipinski definition) is 2. The van der Waals surface area contributed by atoms with E-state index in [4.69, 9.17) is 5.26 Å². The van der Waals surface area contributed by atoms with Crippen LogP contribution >= 0.6 is 0 Å². The van der Waals surface area contributed by atoms with E-state index in [-0.39, 0.29) is 17.0 Å². The van der Waals surface area contributed by atoms with Gasteiger partial charge in [0.05, 0.1) is 34.5 Å². The largest absolute Gasteiger partial charge is 0.478 e. The lowest BCUT2D eigenvalue weighted by atomic mass is 9.94. The van der Waals surface area contributed by atoms with E-state index >= 15 is 0 Å². The standard InChI is InChI=1S/C20H14F3N3O3/c1-11-16(18(27)28)17(13-7-5-12(10-24)6-8-13)25-19(29)26(11)15-4-2-3-14(9-15)20(21,22)23/h2-9,17H,1H3,(H,25,29)(H,27,28). The summed E-state index contributed by atoms with van der Waals surface area (Å²) in [6.45, 7) is 1.36. The topological polar surface area (TPSA) is 93.4 Å². The number of nitrogens with zero attached hydrogens (tertiary/aromatic N) is 2. The molecule has 1 atom stereocenters. The lowest BCUT2D eigenvalue weighted by molar-refractivity contribution is -0.137. The number of nitrogens with one attached hydrogen (secondary N) is 1. The van der Waals surface area contributed by atoms with Gasteiger partial charge in [-0.15, -0.1) is 0 Å². The zero-order chi connectivity index (χ0) is 21.3. The fraction of sp³-hybridized carbons (Fsp3) is 0.150. The molecule has 6 nitrogen and oxygen atoms in total. The Morgan fingerprint density at radius 3 is 2.41 bits per heavy atom. The molecule has 9 heteroatoms. The molecule has 2 amide bonds. The molecule has 0 spiro atoms. The predicted octanol–water partition coefficient (Wildman–Crippen LogP) is 4.21. The van der Waals surface area contributed by atoms with Gasteiger partial charge in [-0.1, -0.05) is 18.2 Å². The highest BCUT2D eigenvalue weighted by Gasteiger charge is 2.37. The minimum Gasteiger partial charge on any atom is -0.478 e. The summed E-state index contributed by atoms with van der Waals surface area (Å²) in [5, 5.41) is 21.1. The monoisotopic (exact) mass is 401 g/mol. The van der Waals surface area contributed by atoms with Crippen molar-refractivity contribution in [3.05, 3.63) is 76.5 Å². The molecule has 0 fully saturated rings. The molecule has 0 aliphatic carbocycles. The van der Waals surface area contributed by atoms with Gasteiger partial charge in [0.1, 0.15) is 0 Å². The summed E-state index contributed by atoms with van der Waals surface area (Å²) in [5.74, 6) is -1.33. The predicted molar refractivity (Wildman–Crippen MR) is 96.7 cm³/mol. The molecular weight excluding hydrogens is 387 g/mol. The molecule has 1 unspecified atom stereocenters. The van der Waals surface area contributed by atoms with Crippen molar-refractivity contribution in [2.45, 2.75) is 19.1 Å². The number of urea groups is 1. The lowest BCUT2D eigenvalue weighted by Crippen LogP contribution is -2.48. The Bertz CT molecular complexity index is 1050. The van der Waals surface area contributed by atoms with Crippen LogP contribution < -0.4 is 10.2 Å². The second kappa shape index (κ2) is 7.31. The van der Waals surface area contributed by atoms with Gasteiger partial charge in [0.15, 0.2) is 0 Å². The summed E-state index contributed by atoms with van der Waals surface area (Å²) < 4.78 is 39.1. The van der Waals surface area contributed by atoms with Crippen LogP contribution in [0.4, 0.5) is 23.7 Å². The first kappa shape index (κ1) is 19.9. The maximum atomic E-state index is 13.0. The van der Waals surface area contributed by atoms with Gasteiger partial charge in [-0.05, 0) is 42.8 Å². The SMILES string of the molecule is CC1=C(C(=O)O)C(c2ccc(C#N)cc2)NC(=O)N1c1cccc(C(F)(F)F)c1. The molecule has 0 aromatic heterocycles. The Balaban J connectivity index is 2.10. The molecule has 1 aliphatic rings. The van der Waals surface area contributed by atoms with Crippen molar-refractivity contribution in [1.82, 2.24) is 5.32 Å². The molecular formula is C20H14F3N3O3. The number of carbonyl (C=O) groups excluding carboxylic acids is 1. The summed E-state index contributed by atoms with van der Waals surface area (Å²) in [6.07, 6.45) is -4.61. The van der Waals surface area contributed by atoms with Crippen LogP contribution in [-0.4, -0.2) is 17.1 Å². The molecule has 3 rings (SSSR count). The van der Waals surface area contributed by atoms with Crippen LogP contribution in [0.2, 0.25) is 0 Å². The number of allylic oxidation sites excluding steroid dienone is 1. The first-order valence-corrected chi connectivity index (χ1v) is 8.35. The highest BCUT2D eigenvalue weighted by atomic mass is 19.4. The van der Waals surface area contributed by atoms with E-state index < -0.39 is 29.8 Å². The van der Waals surface area contributed by atoms with Gasteiger partial charge < -0.3 is 10.4 Å². The Morgan fingerprint density at radius 2 is 1.86 bits per heavy atom. The van der Waals surface area contributed by atoms with Crippen molar-refractivity contribution in [3.63, 3.8) is 0 Å². The van der Waals surface area contributed by atoms with E-state index in [0.29, 0.717) is 11.1 Å². The van der Waals surface area contributed by atoms with E-state index in [1.807, 2.05) is 6.07 Å². The third kappa shape index (κ3) is 3.78. The van der Waals surface area contributed by atoms with Crippen molar-refractivity contribution in [2.24, 2.45) is 0 Å². The van der Waals surface area contributed by atoms with Crippen molar-refractivity contribution < 1.29 is 27.9 Å². The second-order valence-electron chi connectivity index (χ2n) is 6.30. The normalized spacial score (nSPS) is 17.0. The summed E-state index contributed by atoms with van der Waals surface area (Å²) in [7, 11) is 0. The number of carbonyl (C=O) groups is 2. The Hall–Kier alpha value is -3.80. The smallest absolute Gasteiger partial charge is 0.416 e. The molecule has 0 radical (unpaired) electrons. The summed E-state index contributed by atoms with van der Waals surface area (Å²) in [5.41, 5.74) is -0.466. The quantitative estimate of drug-likeness (QED) is 0.806. The number of rotatable bonds is 3. The van der Waals surface area contributed by atoms with E-state index in [0.717, 1.165) is 23.1 Å². The van der Waals surface area contributed by atoms with E-state index in [9.17, 15) is 27.9 Å². The number of carboxylic acid groups (broad SMARTS) is 1. The van der Waals surface area contributed by atoms with E-state index in [1.54, 1.807) is 0 Å². The molecule has 2 aromatic carbocycles. The highest BCUT2D eigenvalue weighted by Crippen LogP contribution is 2.36. The van der Waals surface area contributed by atoms with Gasteiger partial charge in [0.2, 0.25) is 0 Å². The minimum atomic E-state index is -4.61. The minimum absolute atomic E-state index is 0.00469. The molecule has 2 N–H and O–H groups in total. The van der Waals surface area contributed by atoms with Gasteiger partial charge in [-0.25, -0.2) is 9.59 Å². The molecule has 1 aliphatic heterocycles. The number of amides is 2. The van der Waals surface area contributed by atoms with Crippen molar-refractivity contribution in [3.8, 4) is 6.07 Å². The highest BCUT2D eigenvalue weighted by molar-refractivity contribution is 6.02. The molecule has 148 valence electrons. The van der Waals surface area contributed by atoms with E-state index in [1.165, 1.54) is 37.3 Å². The first-order valence-electron chi connectivity index (χ1n) is 8.35. The van der Waals surface area contributed by atoms with E-state index in [2.05, 4.69) is 5.32 Å². The van der Waals surface area contributed by atoms with Crippen molar-refractivity contribution in [2.75, 3.05) is 4.90 Å². The van der Waals surface area contributed by atoms with Gasteiger partial charge >= 0.3 is 18.2 Å². The lowest BCUT2D eigenvalue weighted by Gasteiger charge is -2.35. The summed E-state index contributed by atoms with van der Waals surface area (Å²) >= 11 is 0. The number of nitriles is 1. The third-order valence-electron chi connectivity index (χ3n) is 4.52. The number of carboxylic acids is 1. The average molecular weight is 401 g/mol. The Labute approximate surface area is 163 Å². The average Bonchev–Trinajstić information content (AvgIpc) is 2.67. The van der Waals surface area contributed by atoms with Crippen molar-refractivity contribution >= 4 is 17.7 Å². The van der Waals surface area contributed by atoms with Crippen LogP contribution in [0.25, 0.3) is 0 Å². The Kier molecular flexibility index (Phi) is 5.03. The van der Waals surface area contributed by atoms with Crippen molar-refractivity contribution in [1.29, 1.82) is 5.26 Å². The number of anilines is 1. The molecule has 0 saturated carbocycles. The number of hydrogen-bond acceptors (Lipinski definition) is 3. The van der Waals surface area contributed by atoms with Gasteiger partial charge in [0, 0.05) is 5.70 Å². The maximum Gasteiger partial charge on any atom is 0.416 e. The third-order valence-corrected chi connectivity index (χ3v) is 4.52. The number of halogens is 3. The van der Waals surface area contributed by atoms with Gasteiger partial charge in [-0.2, -0.15) is 18.4 Å². The number of benzene rings is 2. The van der Waals surface area contributed by atoms with Crippen LogP contribution in [0.15, 0.2) is 59.8 Å². The number of alkyl halides is 3. The van der Waals surface area contributed by atoms with Crippen LogP contribution in [0.3, 0.4) is 0 Å². The van der Waals surface area contributed by atoms with Crippen LogP contribution in [0.5, 0.6) is 0 Å². The fourth-order valence-electron chi connectivity index (χ4n) is 3.15. The van der Waals surface area contributed by atoms with Crippen LogP contribution in [0.1, 0.15) is 29.7 Å². The number of aliphatic carboxylic acids is 1. The summed E-state index contributed by atoms with van der Waals surface area (Å²) in [6, 6.07) is 10.2.